The standard InChI is InChI=1S/C12H18N2O2S2/c13-3-5-17-18(6-4-14)8-10-1-2-11-12(7-10)16-9-15-11/h1-2,7-8H,3-6,9,13-14H2. The van der Waals surface area contributed by atoms with E-state index in [-0.39, 0.29) is 9.52 Å². The summed E-state index contributed by atoms with van der Waals surface area (Å²) < 4.78 is 10.7. The number of ether oxygens (including phenoxy) is 2. The predicted octanol–water partition coefficient (Wildman–Crippen LogP) is 1.40. The highest BCUT2D eigenvalue weighted by atomic mass is 33.1. The summed E-state index contributed by atoms with van der Waals surface area (Å²) >= 11 is 0. The first kappa shape index (κ1) is 13.7. The average Bonchev–Trinajstić information content (AvgIpc) is 2.83. The summed E-state index contributed by atoms with van der Waals surface area (Å²) in [7, 11) is 1.99. The summed E-state index contributed by atoms with van der Waals surface area (Å²) in [6.45, 7) is 1.71. The molecule has 2 rings (SSSR count). The van der Waals surface area contributed by atoms with Crippen molar-refractivity contribution in [3.05, 3.63) is 23.8 Å². The quantitative estimate of drug-likeness (QED) is 0.611. The molecule has 6 heteroatoms. The number of rotatable bonds is 6. The second kappa shape index (κ2) is 7.04. The fraction of sp³-hybridized carbons (Fsp3) is 0.417. The van der Waals surface area contributed by atoms with E-state index in [0.717, 1.165) is 28.6 Å². The molecule has 1 unspecified atom stereocenters. The molecule has 1 aliphatic rings. The van der Waals surface area contributed by atoms with Crippen LogP contribution in [0.25, 0.3) is 0 Å². The van der Waals surface area contributed by atoms with E-state index in [1.165, 1.54) is 0 Å². The van der Waals surface area contributed by atoms with Crippen LogP contribution in [0.5, 0.6) is 11.5 Å². The number of hydrogen-bond acceptors (Lipinski definition) is 5. The molecule has 0 bridgehead atoms. The highest BCUT2D eigenvalue weighted by molar-refractivity contribution is 8.83. The number of benzene rings is 1. The molecule has 0 radical (unpaired) electrons. The van der Waals surface area contributed by atoms with Crippen molar-refractivity contribution >= 4 is 25.7 Å². The molecule has 1 heterocycles. The van der Waals surface area contributed by atoms with Crippen molar-refractivity contribution in [1.29, 1.82) is 0 Å². The van der Waals surface area contributed by atoms with Crippen LogP contribution < -0.4 is 20.9 Å². The van der Waals surface area contributed by atoms with Gasteiger partial charge in [0.2, 0.25) is 6.79 Å². The summed E-state index contributed by atoms with van der Waals surface area (Å²) in [5.74, 6) is 3.59. The molecule has 18 heavy (non-hydrogen) atoms. The molecule has 0 amide bonds. The van der Waals surface area contributed by atoms with E-state index in [2.05, 4.69) is 5.37 Å². The molecule has 0 fully saturated rings. The molecular weight excluding hydrogens is 268 g/mol. The number of nitrogens with two attached hydrogens (primary N) is 2. The minimum absolute atomic E-state index is 0.118. The molecule has 4 N–H and O–H groups in total. The third-order valence-corrected chi connectivity index (χ3v) is 6.41. The van der Waals surface area contributed by atoms with E-state index in [4.69, 9.17) is 20.9 Å². The Kier molecular flexibility index (Phi) is 5.37. The summed E-state index contributed by atoms with van der Waals surface area (Å²) in [4.78, 5) is 0. The van der Waals surface area contributed by atoms with Crippen molar-refractivity contribution in [2.24, 2.45) is 11.5 Å². The van der Waals surface area contributed by atoms with Gasteiger partial charge in [0.15, 0.2) is 11.5 Å². The van der Waals surface area contributed by atoms with E-state index in [9.17, 15) is 0 Å². The molecule has 100 valence electrons. The van der Waals surface area contributed by atoms with Gasteiger partial charge in [0.25, 0.3) is 0 Å². The fourth-order valence-corrected chi connectivity index (χ4v) is 4.97. The topological polar surface area (TPSA) is 70.5 Å². The Morgan fingerprint density at radius 3 is 2.83 bits per heavy atom. The zero-order chi connectivity index (χ0) is 12.8. The van der Waals surface area contributed by atoms with Crippen molar-refractivity contribution < 1.29 is 9.47 Å². The molecular formula is C12H18N2O2S2. The molecule has 0 aliphatic carbocycles. The molecule has 0 spiro atoms. The van der Waals surface area contributed by atoms with Crippen molar-refractivity contribution in [2.45, 2.75) is 0 Å². The van der Waals surface area contributed by atoms with Crippen LogP contribution in [-0.2, 0) is 0 Å². The van der Waals surface area contributed by atoms with Crippen molar-refractivity contribution in [3.63, 3.8) is 0 Å². The maximum absolute atomic E-state index is 5.64. The summed E-state index contributed by atoms with van der Waals surface area (Å²) in [6.07, 6.45) is 0. The van der Waals surface area contributed by atoms with Crippen LogP contribution in [-0.4, -0.2) is 36.8 Å². The monoisotopic (exact) mass is 286 g/mol. The first-order valence-electron chi connectivity index (χ1n) is 5.81. The molecule has 4 nitrogen and oxygen atoms in total. The zero-order valence-electron chi connectivity index (χ0n) is 10.1. The first-order valence-corrected chi connectivity index (χ1v) is 8.77. The lowest BCUT2D eigenvalue weighted by molar-refractivity contribution is 0.174. The molecule has 1 atom stereocenters. The van der Waals surface area contributed by atoms with Gasteiger partial charge in [-0.1, -0.05) is 16.9 Å². The SMILES string of the molecule is NCCSS(=Cc1ccc2c(c1)OCO2)CCN. The minimum Gasteiger partial charge on any atom is -0.454 e. The Balaban J connectivity index is 2.12. The Hall–Kier alpha value is -0.690. The van der Waals surface area contributed by atoms with Gasteiger partial charge in [-0.15, -0.1) is 9.52 Å². The van der Waals surface area contributed by atoms with E-state index >= 15 is 0 Å². The Morgan fingerprint density at radius 1 is 1.22 bits per heavy atom. The molecule has 1 aromatic rings. The largest absolute Gasteiger partial charge is 0.454 e. The van der Waals surface area contributed by atoms with Crippen LogP contribution in [0.3, 0.4) is 0 Å². The Labute approximate surface area is 113 Å². The molecule has 1 aliphatic heterocycles. The van der Waals surface area contributed by atoms with Crippen molar-refractivity contribution in [2.75, 3.05) is 31.4 Å². The van der Waals surface area contributed by atoms with Gasteiger partial charge >= 0.3 is 0 Å². The van der Waals surface area contributed by atoms with Gasteiger partial charge in [0.05, 0.1) is 0 Å². The predicted molar refractivity (Wildman–Crippen MR) is 80.8 cm³/mol. The van der Waals surface area contributed by atoms with E-state index in [1.807, 2.05) is 29.0 Å². The second-order valence-corrected chi connectivity index (χ2v) is 7.76. The van der Waals surface area contributed by atoms with E-state index < -0.39 is 0 Å². The van der Waals surface area contributed by atoms with Gasteiger partial charge < -0.3 is 20.9 Å². The Morgan fingerprint density at radius 2 is 2.06 bits per heavy atom. The number of hydrogen-bond donors (Lipinski definition) is 2. The van der Waals surface area contributed by atoms with Crippen LogP contribution in [0.1, 0.15) is 5.56 Å². The summed E-state index contributed by atoms with van der Waals surface area (Å²) in [6, 6.07) is 6.01. The molecule has 0 aromatic heterocycles. The maximum atomic E-state index is 5.64. The smallest absolute Gasteiger partial charge is 0.231 e. The van der Waals surface area contributed by atoms with Crippen molar-refractivity contribution in [1.82, 2.24) is 0 Å². The van der Waals surface area contributed by atoms with Gasteiger partial charge in [0.1, 0.15) is 0 Å². The summed E-state index contributed by atoms with van der Waals surface area (Å²) in [5, 5.41) is 2.25. The third-order valence-electron chi connectivity index (χ3n) is 2.34. The molecule has 0 saturated carbocycles. The van der Waals surface area contributed by atoms with Crippen LogP contribution >= 0.6 is 20.3 Å². The highest BCUT2D eigenvalue weighted by Gasteiger charge is 2.12. The normalized spacial score (nSPS) is 15.0. The van der Waals surface area contributed by atoms with Crippen LogP contribution in [0.15, 0.2) is 18.2 Å². The zero-order valence-corrected chi connectivity index (χ0v) is 11.8. The van der Waals surface area contributed by atoms with Gasteiger partial charge in [-0.25, -0.2) is 0 Å². The van der Waals surface area contributed by atoms with Gasteiger partial charge in [0, 0.05) is 24.6 Å². The van der Waals surface area contributed by atoms with E-state index in [1.54, 1.807) is 0 Å². The Bertz CT molecular complexity index is 438. The van der Waals surface area contributed by atoms with Crippen molar-refractivity contribution in [3.8, 4) is 11.5 Å². The first-order chi connectivity index (χ1) is 8.83. The lowest BCUT2D eigenvalue weighted by Crippen LogP contribution is -2.05. The van der Waals surface area contributed by atoms with Crippen LogP contribution in [0, 0.1) is 0 Å². The fourth-order valence-electron chi connectivity index (χ4n) is 1.56. The number of fused-ring (bicyclic) bond motifs is 1. The molecule has 0 saturated heterocycles. The summed E-state index contributed by atoms with van der Waals surface area (Å²) in [5.41, 5.74) is 12.3. The highest BCUT2D eigenvalue weighted by Crippen LogP contribution is 2.34. The van der Waals surface area contributed by atoms with E-state index in [0.29, 0.717) is 19.9 Å². The average molecular weight is 286 g/mol. The lowest BCUT2D eigenvalue weighted by atomic mass is 10.2. The van der Waals surface area contributed by atoms with Gasteiger partial charge in [-0.2, -0.15) is 0 Å². The third kappa shape index (κ3) is 3.65. The minimum atomic E-state index is 0.118. The maximum Gasteiger partial charge on any atom is 0.231 e. The van der Waals surface area contributed by atoms with Gasteiger partial charge in [-0.05, 0) is 23.1 Å². The van der Waals surface area contributed by atoms with Gasteiger partial charge in [-0.3, -0.25) is 0 Å². The lowest BCUT2D eigenvalue weighted by Gasteiger charge is -2.07. The van der Waals surface area contributed by atoms with Crippen LogP contribution in [0.2, 0.25) is 0 Å². The second-order valence-electron chi connectivity index (χ2n) is 3.71. The molecule has 1 aromatic carbocycles. The van der Waals surface area contributed by atoms with Crippen LogP contribution in [0.4, 0.5) is 0 Å².